The lowest BCUT2D eigenvalue weighted by Gasteiger charge is -2.05. The summed E-state index contributed by atoms with van der Waals surface area (Å²) in [6, 6.07) is 1.79. The average molecular weight is 190 g/mol. The second-order valence-corrected chi connectivity index (χ2v) is 3.07. The van der Waals surface area contributed by atoms with Crippen LogP contribution in [0.1, 0.15) is 23.0 Å². The van der Waals surface area contributed by atoms with E-state index in [-0.39, 0.29) is 0 Å². The fourth-order valence-electron chi connectivity index (χ4n) is 1.25. The van der Waals surface area contributed by atoms with Crippen LogP contribution in [-0.4, -0.2) is 15.1 Å². The van der Waals surface area contributed by atoms with Gasteiger partial charge in [0.2, 0.25) is 0 Å². The molecule has 0 aliphatic heterocycles. The van der Waals surface area contributed by atoms with Gasteiger partial charge >= 0.3 is 0 Å². The smallest absolute Gasteiger partial charge is 0.115 e. The van der Waals surface area contributed by atoms with Crippen LogP contribution in [0.25, 0.3) is 0 Å². The summed E-state index contributed by atoms with van der Waals surface area (Å²) in [4.78, 5) is 7.67. The Morgan fingerprint density at radius 3 is 2.57 bits per heavy atom. The van der Waals surface area contributed by atoms with Crippen molar-refractivity contribution in [2.75, 3.05) is 0 Å². The minimum absolute atomic E-state index is 0.660. The van der Waals surface area contributed by atoms with Crippen molar-refractivity contribution in [2.45, 2.75) is 13.0 Å². The fraction of sp³-hybridized carbons (Fsp3) is 0.200. The van der Waals surface area contributed by atoms with Crippen molar-refractivity contribution in [1.82, 2.24) is 9.97 Å². The molecule has 2 aromatic rings. The van der Waals surface area contributed by atoms with E-state index < -0.39 is 6.10 Å². The second-order valence-electron chi connectivity index (χ2n) is 3.07. The lowest BCUT2D eigenvalue weighted by molar-refractivity contribution is 0.218. The summed E-state index contributed by atoms with van der Waals surface area (Å²) in [7, 11) is 0. The zero-order valence-electron chi connectivity index (χ0n) is 7.71. The van der Waals surface area contributed by atoms with Crippen LogP contribution in [0.3, 0.4) is 0 Å². The van der Waals surface area contributed by atoms with Crippen molar-refractivity contribution in [2.24, 2.45) is 0 Å². The van der Waals surface area contributed by atoms with E-state index in [0.717, 1.165) is 11.3 Å². The lowest BCUT2D eigenvalue weighted by Crippen LogP contribution is -1.98. The van der Waals surface area contributed by atoms with Gasteiger partial charge in [0.15, 0.2) is 0 Å². The highest BCUT2D eigenvalue weighted by Gasteiger charge is 2.12. The van der Waals surface area contributed by atoms with Crippen molar-refractivity contribution in [3.8, 4) is 0 Å². The summed E-state index contributed by atoms with van der Waals surface area (Å²) in [5.74, 6) is 0.774. The molecule has 0 aliphatic rings. The first kappa shape index (κ1) is 8.90. The van der Waals surface area contributed by atoms with E-state index in [1.54, 1.807) is 18.5 Å². The highest BCUT2D eigenvalue weighted by atomic mass is 16.3. The molecule has 1 atom stereocenters. The predicted molar refractivity (Wildman–Crippen MR) is 49.5 cm³/mol. The maximum absolute atomic E-state index is 9.87. The van der Waals surface area contributed by atoms with Crippen LogP contribution in [0.5, 0.6) is 0 Å². The van der Waals surface area contributed by atoms with Gasteiger partial charge in [0.25, 0.3) is 0 Å². The molecule has 72 valence electrons. The van der Waals surface area contributed by atoms with E-state index in [1.165, 1.54) is 12.6 Å². The van der Waals surface area contributed by atoms with Gasteiger partial charge in [-0.25, -0.2) is 9.97 Å². The molecule has 4 heteroatoms. The van der Waals surface area contributed by atoms with Gasteiger partial charge in [-0.3, -0.25) is 0 Å². The van der Waals surface area contributed by atoms with Crippen LogP contribution >= 0.6 is 0 Å². The van der Waals surface area contributed by atoms with E-state index in [0.29, 0.717) is 5.56 Å². The summed E-state index contributed by atoms with van der Waals surface area (Å²) in [6.07, 6.45) is 5.41. The van der Waals surface area contributed by atoms with Crippen molar-refractivity contribution < 1.29 is 9.52 Å². The number of nitrogens with zero attached hydrogens (tertiary/aromatic N) is 2. The van der Waals surface area contributed by atoms with E-state index in [1.807, 2.05) is 6.92 Å². The van der Waals surface area contributed by atoms with Gasteiger partial charge in [-0.05, 0) is 13.0 Å². The van der Waals surface area contributed by atoms with Gasteiger partial charge in [-0.2, -0.15) is 0 Å². The first-order valence-electron chi connectivity index (χ1n) is 4.25. The molecular formula is C10H10N2O2. The van der Waals surface area contributed by atoms with E-state index in [4.69, 9.17) is 4.42 Å². The minimum atomic E-state index is -0.714. The molecule has 4 nitrogen and oxygen atoms in total. The van der Waals surface area contributed by atoms with Gasteiger partial charge in [0, 0.05) is 23.5 Å². The molecule has 2 rings (SSSR count). The number of aliphatic hydroxyl groups excluding tert-OH is 1. The topological polar surface area (TPSA) is 59.2 Å². The van der Waals surface area contributed by atoms with Gasteiger partial charge in [-0.15, -0.1) is 0 Å². The lowest BCUT2D eigenvalue weighted by atomic mass is 10.1. The Balaban J connectivity index is 2.29. The number of hydrogen-bond acceptors (Lipinski definition) is 4. The number of furan rings is 1. The molecule has 0 fully saturated rings. The molecule has 1 N–H and O–H groups in total. The van der Waals surface area contributed by atoms with Gasteiger partial charge in [0.05, 0.1) is 6.26 Å². The molecular weight excluding hydrogens is 180 g/mol. The van der Waals surface area contributed by atoms with E-state index >= 15 is 0 Å². The molecule has 0 bridgehead atoms. The third-order valence-electron chi connectivity index (χ3n) is 1.96. The summed E-state index contributed by atoms with van der Waals surface area (Å²) in [5, 5.41) is 9.87. The molecule has 14 heavy (non-hydrogen) atoms. The van der Waals surface area contributed by atoms with E-state index in [2.05, 4.69) is 9.97 Å². The fourth-order valence-corrected chi connectivity index (χ4v) is 1.25. The van der Waals surface area contributed by atoms with Crippen molar-refractivity contribution >= 4 is 0 Å². The molecule has 0 saturated carbocycles. The molecule has 0 aromatic carbocycles. The standard InChI is InChI=1S/C10H10N2O2/c1-7-2-8(5-14-7)10(13)9-3-11-6-12-4-9/h2-6,10,13H,1H3. The number of rotatable bonds is 2. The number of aliphatic hydroxyl groups is 1. The van der Waals surface area contributed by atoms with Crippen molar-refractivity contribution in [3.63, 3.8) is 0 Å². The monoisotopic (exact) mass is 190 g/mol. The minimum Gasteiger partial charge on any atom is -0.469 e. The normalized spacial score (nSPS) is 12.7. The number of hydrogen-bond donors (Lipinski definition) is 1. The Bertz CT molecular complexity index is 411. The van der Waals surface area contributed by atoms with Crippen molar-refractivity contribution in [3.05, 3.63) is 47.9 Å². The maximum atomic E-state index is 9.87. The second kappa shape index (κ2) is 3.59. The number of aromatic nitrogens is 2. The Hall–Kier alpha value is -1.68. The summed E-state index contributed by atoms with van der Waals surface area (Å²) in [5.41, 5.74) is 1.38. The maximum Gasteiger partial charge on any atom is 0.115 e. The summed E-state index contributed by atoms with van der Waals surface area (Å²) in [6.45, 7) is 1.83. The zero-order chi connectivity index (χ0) is 9.97. The largest absolute Gasteiger partial charge is 0.469 e. The van der Waals surface area contributed by atoms with Crippen molar-refractivity contribution in [1.29, 1.82) is 0 Å². The Labute approximate surface area is 81.2 Å². The average Bonchev–Trinajstić information content (AvgIpc) is 2.65. The third-order valence-corrected chi connectivity index (χ3v) is 1.96. The highest BCUT2D eigenvalue weighted by Crippen LogP contribution is 2.21. The quantitative estimate of drug-likeness (QED) is 0.778. The molecule has 1 unspecified atom stereocenters. The Kier molecular flexibility index (Phi) is 2.28. The SMILES string of the molecule is Cc1cc(C(O)c2cncnc2)co1. The molecule has 0 amide bonds. The first-order chi connectivity index (χ1) is 6.77. The molecule has 2 aromatic heterocycles. The van der Waals surface area contributed by atoms with Gasteiger partial charge in [-0.1, -0.05) is 0 Å². The summed E-state index contributed by atoms with van der Waals surface area (Å²) >= 11 is 0. The van der Waals surface area contributed by atoms with Crippen LogP contribution in [0.4, 0.5) is 0 Å². The number of aryl methyl sites for hydroxylation is 1. The van der Waals surface area contributed by atoms with Gasteiger partial charge < -0.3 is 9.52 Å². The zero-order valence-corrected chi connectivity index (χ0v) is 7.71. The van der Waals surface area contributed by atoms with E-state index in [9.17, 15) is 5.11 Å². The molecule has 0 aliphatic carbocycles. The Morgan fingerprint density at radius 2 is 2.00 bits per heavy atom. The van der Waals surface area contributed by atoms with Crippen LogP contribution < -0.4 is 0 Å². The highest BCUT2D eigenvalue weighted by molar-refractivity contribution is 5.24. The first-order valence-corrected chi connectivity index (χ1v) is 4.25. The molecule has 0 spiro atoms. The van der Waals surface area contributed by atoms with Crippen LogP contribution in [0.2, 0.25) is 0 Å². The van der Waals surface area contributed by atoms with Crippen LogP contribution in [0, 0.1) is 6.92 Å². The van der Waals surface area contributed by atoms with Crippen LogP contribution in [-0.2, 0) is 0 Å². The predicted octanol–water partition coefficient (Wildman–Crippen LogP) is 1.46. The van der Waals surface area contributed by atoms with Crippen LogP contribution in [0.15, 0.2) is 35.5 Å². The third kappa shape index (κ3) is 1.65. The Morgan fingerprint density at radius 1 is 1.29 bits per heavy atom. The summed E-state index contributed by atoms with van der Waals surface area (Å²) < 4.78 is 5.11. The molecule has 2 heterocycles. The van der Waals surface area contributed by atoms with Gasteiger partial charge in [0.1, 0.15) is 18.2 Å². The molecule has 0 saturated heterocycles. The molecule has 0 radical (unpaired) electrons.